The summed E-state index contributed by atoms with van der Waals surface area (Å²) in [6.45, 7) is 2.35. The van der Waals surface area contributed by atoms with Gasteiger partial charge in [-0.05, 0) is 36.8 Å². The summed E-state index contributed by atoms with van der Waals surface area (Å²) in [7, 11) is 1.54. The molecular weight excluding hydrogens is 345 g/mol. The molecule has 2 aromatic heterocycles. The standard InChI is InChI=1S/C17H16FN3O3S/c1-10-13-15(21-12-5-3-11(18)4-6-12)19-9-20-16(13)25-14(10)17(22)24-8-7-23-2/h3-6,9H,7-8H2,1-2H3,(H,19,20,21). The number of ether oxygens (including phenoxy) is 2. The highest BCUT2D eigenvalue weighted by Crippen LogP contribution is 2.34. The van der Waals surface area contributed by atoms with Crippen molar-refractivity contribution in [3.8, 4) is 0 Å². The minimum atomic E-state index is -0.412. The van der Waals surface area contributed by atoms with Crippen LogP contribution in [0.15, 0.2) is 30.6 Å². The normalized spacial score (nSPS) is 10.8. The van der Waals surface area contributed by atoms with Crippen molar-refractivity contribution >= 4 is 39.0 Å². The van der Waals surface area contributed by atoms with Crippen molar-refractivity contribution in [2.45, 2.75) is 6.92 Å². The molecule has 8 heteroatoms. The van der Waals surface area contributed by atoms with Crippen LogP contribution in [-0.4, -0.2) is 36.3 Å². The van der Waals surface area contributed by atoms with Gasteiger partial charge in [0, 0.05) is 12.8 Å². The van der Waals surface area contributed by atoms with Gasteiger partial charge in [0.05, 0.1) is 12.0 Å². The summed E-state index contributed by atoms with van der Waals surface area (Å²) in [4.78, 5) is 21.9. The zero-order chi connectivity index (χ0) is 17.8. The Hall–Kier alpha value is -2.58. The van der Waals surface area contributed by atoms with Crippen molar-refractivity contribution in [1.29, 1.82) is 0 Å². The fourth-order valence-electron chi connectivity index (χ4n) is 2.31. The zero-order valence-electron chi connectivity index (χ0n) is 13.7. The van der Waals surface area contributed by atoms with Gasteiger partial charge in [-0.2, -0.15) is 0 Å². The molecule has 25 heavy (non-hydrogen) atoms. The number of benzene rings is 1. The predicted octanol–water partition coefficient (Wildman–Crippen LogP) is 3.69. The van der Waals surface area contributed by atoms with Gasteiger partial charge >= 0.3 is 5.97 Å². The van der Waals surface area contributed by atoms with Crippen LogP contribution < -0.4 is 5.32 Å². The SMILES string of the molecule is COCCOC(=O)c1sc2ncnc(Nc3ccc(F)cc3)c2c1C. The fraction of sp³-hybridized carbons (Fsp3) is 0.235. The molecular formula is C17H16FN3O3S. The first-order valence-corrected chi connectivity index (χ1v) is 8.34. The largest absolute Gasteiger partial charge is 0.459 e. The lowest BCUT2D eigenvalue weighted by atomic mass is 10.2. The van der Waals surface area contributed by atoms with Gasteiger partial charge in [-0.1, -0.05) is 0 Å². The van der Waals surface area contributed by atoms with E-state index in [1.807, 2.05) is 6.92 Å². The number of carbonyl (C=O) groups is 1. The lowest BCUT2D eigenvalue weighted by Gasteiger charge is -2.07. The van der Waals surface area contributed by atoms with Gasteiger partial charge < -0.3 is 14.8 Å². The third-order valence-electron chi connectivity index (χ3n) is 3.54. The summed E-state index contributed by atoms with van der Waals surface area (Å²) in [5.41, 5.74) is 1.43. The monoisotopic (exact) mass is 361 g/mol. The molecule has 130 valence electrons. The Labute approximate surface area is 147 Å². The number of rotatable bonds is 6. The van der Waals surface area contributed by atoms with Gasteiger partial charge in [-0.15, -0.1) is 11.3 Å². The molecule has 0 atom stereocenters. The number of hydrogen-bond acceptors (Lipinski definition) is 7. The van der Waals surface area contributed by atoms with Crippen molar-refractivity contribution in [1.82, 2.24) is 9.97 Å². The number of nitrogens with zero attached hydrogens (tertiary/aromatic N) is 2. The Bertz CT molecular complexity index is 896. The Balaban J connectivity index is 1.92. The number of carbonyl (C=O) groups excluding carboxylic acids is 1. The lowest BCUT2D eigenvalue weighted by Crippen LogP contribution is -2.09. The van der Waals surface area contributed by atoms with Gasteiger partial charge in [0.2, 0.25) is 0 Å². The van der Waals surface area contributed by atoms with Crippen molar-refractivity contribution in [3.05, 3.63) is 46.9 Å². The van der Waals surface area contributed by atoms with Crippen LogP contribution in [0.4, 0.5) is 15.9 Å². The number of thiophene rings is 1. The summed E-state index contributed by atoms with van der Waals surface area (Å²) in [6, 6.07) is 5.95. The summed E-state index contributed by atoms with van der Waals surface area (Å²) < 4.78 is 23.1. The van der Waals surface area contributed by atoms with Gasteiger partial charge in [-0.25, -0.2) is 19.2 Å². The van der Waals surface area contributed by atoms with Gasteiger partial charge in [0.15, 0.2) is 0 Å². The molecule has 0 saturated carbocycles. The van der Waals surface area contributed by atoms with Crippen LogP contribution in [0.5, 0.6) is 0 Å². The van der Waals surface area contributed by atoms with Crippen molar-refractivity contribution in [3.63, 3.8) is 0 Å². The molecule has 0 aliphatic rings. The third kappa shape index (κ3) is 3.75. The first-order chi connectivity index (χ1) is 12.1. The second-order valence-corrected chi connectivity index (χ2v) is 6.22. The van der Waals surface area contributed by atoms with E-state index in [0.717, 1.165) is 10.9 Å². The fourth-order valence-corrected chi connectivity index (χ4v) is 3.36. The highest BCUT2D eigenvalue weighted by Gasteiger charge is 2.20. The molecule has 0 aliphatic carbocycles. The maximum absolute atomic E-state index is 13.1. The van der Waals surface area contributed by atoms with Crippen LogP contribution in [-0.2, 0) is 9.47 Å². The Kier molecular flexibility index (Phi) is 5.20. The molecule has 1 aromatic carbocycles. The molecule has 6 nitrogen and oxygen atoms in total. The van der Waals surface area contributed by atoms with E-state index in [9.17, 15) is 9.18 Å². The quantitative estimate of drug-likeness (QED) is 0.533. The van der Waals surface area contributed by atoms with E-state index in [4.69, 9.17) is 9.47 Å². The van der Waals surface area contributed by atoms with Crippen LogP contribution in [0, 0.1) is 12.7 Å². The van der Waals surface area contributed by atoms with Crippen LogP contribution in [0.2, 0.25) is 0 Å². The smallest absolute Gasteiger partial charge is 0.348 e. The number of methoxy groups -OCH3 is 1. The van der Waals surface area contributed by atoms with Gasteiger partial charge in [-0.3, -0.25) is 0 Å². The summed E-state index contributed by atoms with van der Waals surface area (Å²) in [5.74, 6) is -0.169. The maximum Gasteiger partial charge on any atom is 0.348 e. The van der Waals surface area contributed by atoms with E-state index in [-0.39, 0.29) is 12.4 Å². The molecule has 0 saturated heterocycles. The second kappa shape index (κ2) is 7.54. The molecule has 0 spiro atoms. The summed E-state index contributed by atoms with van der Waals surface area (Å²) >= 11 is 1.25. The minimum absolute atomic E-state index is 0.190. The summed E-state index contributed by atoms with van der Waals surface area (Å²) in [6.07, 6.45) is 1.42. The zero-order valence-corrected chi connectivity index (χ0v) is 14.5. The van der Waals surface area contributed by atoms with Crippen LogP contribution in [0.3, 0.4) is 0 Å². The number of halogens is 1. The average Bonchev–Trinajstić information content (AvgIpc) is 2.95. The number of esters is 1. The first kappa shape index (κ1) is 17.2. The Morgan fingerprint density at radius 1 is 1.24 bits per heavy atom. The number of aromatic nitrogens is 2. The van der Waals surface area contributed by atoms with E-state index in [1.165, 1.54) is 29.8 Å². The Morgan fingerprint density at radius 3 is 2.72 bits per heavy atom. The molecule has 1 N–H and O–H groups in total. The topological polar surface area (TPSA) is 73.3 Å². The van der Waals surface area contributed by atoms with Crippen molar-refractivity contribution in [2.75, 3.05) is 25.6 Å². The molecule has 3 aromatic rings. The van der Waals surface area contributed by atoms with Crippen molar-refractivity contribution < 1.29 is 18.7 Å². The van der Waals surface area contributed by atoms with E-state index in [1.54, 1.807) is 19.2 Å². The number of anilines is 2. The summed E-state index contributed by atoms with van der Waals surface area (Å²) in [5, 5.41) is 3.88. The van der Waals surface area contributed by atoms with E-state index in [2.05, 4.69) is 15.3 Å². The minimum Gasteiger partial charge on any atom is -0.459 e. The highest BCUT2D eigenvalue weighted by molar-refractivity contribution is 7.20. The highest BCUT2D eigenvalue weighted by atomic mass is 32.1. The third-order valence-corrected chi connectivity index (χ3v) is 4.72. The van der Waals surface area contributed by atoms with Gasteiger partial charge in [0.1, 0.15) is 34.3 Å². The van der Waals surface area contributed by atoms with E-state index in [0.29, 0.717) is 27.8 Å². The lowest BCUT2D eigenvalue weighted by molar-refractivity contribution is 0.0393. The molecule has 0 bridgehead atoms. The molecule has 3 rings (SSSR count). The van der Waals surface area contributed by atoms with Crippen LogP contribution in [0.1, 0.15) is 15.2 Å². The Morgan fingerprint density at radius 2 is 2.00 bits per heavy atom. The van der Waals surface area contributed by atoms with Crippen molar-refractivity contribution in [2.24, 2.45) is 0 Å². The predicted molar refractivity (Wildman–Crippen MR) is 94.0 cm³/mol. The van der Waals surface area contributed by atoms with Gasteiger partial charge in [0.25, 0.3) is 0 Å². The number of hydrogen-bond donors (Lipinski definition) is 1. The van der Waals surface area contributed by atoms with E-state index >= 15 is 0 Å². The molecule has 0 aliphatic heterocycles. The molecule has 0 fully saturated rings. The molecule has 0 radical (unpaired) electrons. The first-order valence-electron chi connectivity index (χ1n) is 7.53. The van der Waals surface area contributed by atoms with E-state index < -0.39 is 5.97 Å². The molecule has 0 amide bonds. The number of nitrogens with one attached hydrogen (secondary N) is 1. The van der Waals surface area contributed by atoms with Crippen LogP contribution in [0.25, 0.3) is 10.2 Å². The maximum atomic E-state index is 13.1. The number of aryl methyl sites for hydroxylation is 1. The second-order valence-electron chi connectivity index (χ2n) is 5.22. The average molecular weight is 361 g/mol. The molecule has 0 unspecified atom stereocenters. The molecule has 2 heterocycles. The van der Waals surface area contributed by atoms with Crippen LogP contribution >= 0.6 is 11.3 Å². The number of fused-ring (bicyclic) bond motifs is 1.